The maximum absolute atomic E-state index is 13.7. The highest BCUT2D eigenvalue weighted by molar-refractivity contribution is 5.63. The molecule has 0 unspecified atom stereocenters. The van der Waals surface area contributed by atoms with Crippen molar-refractivity contribution in [2.45, 2.75) is 20.3 Å². The lowest BCUT2D eigenvalue weighted by atomic mass is 10.2. The van der Waals surface area contributed by atoms with E-state index in [9.17, 15) is 4.39 Å². The maximum atomic E-state index is 13.7. The van der Waals surface area contributed by atoms with Crippen LogP contribution in [0.15, 0.2) is 36.7 Å². The molecule has 0 bridgehead atoms. The van der Waals surface area contributed by atoms with Crippen LogP contribution in [0.2, 0.25) is 0 Å². The normalized spacial score (nSPS) is 10.3. The van der Waals surface area contributed by atoms with E-state index in [4.69, 9.17) is 0 Å². The van der Waals surface area contributed by atoms with Crippen molar-refractivity contribution >= 4 is 17.1 Å². The maximum Gasteiger partial charge on any atom is 0.146 e. The molecular formula is C15H18FN3. The minimum absolute atomic E-state index is 0.266. The van der Waals surface area contributed by atoms with Gasteiger partial charge in [-0.2, -0.15) is 0 Å². The summed E-state index contributed by atoms with van der Waals surface area (Å²) >= 11 is 0. The number of nitrogens with zero attached hydrogens (tertiary/aromatic N) is 1. The molecule has 0 radical (unpaired) electrons. The van der Waals surface area contributed by atoms with E-state index in [-0.39, 0.29) is 5.82 Å². The van der Waals surface area contributed by atoms with Crippen molar-refractivity contribution in [2.24, 2.45) is 0 Å². The molecule has 0 fully saturated rings. The lowest BCUT2D eigenvalue weighted by Gasteiger charge is -2.10. The Labute approximate surface area is 112 Å². The highest BCUT2D eigenvalue weighted by Gasteiger charge is 2.03. The molecule has 4 heteroatoms. The summed E-state index contributed by atoms with van der Waals surface area (Å²) in [4.78, 5) is 4.14. The smallest absolute Gasteiger partial charge is 0.146 e. The minimum Gasteiger partial charge on any atom is -0.384 e. The van der Waals surface area contributed by atoms with Crippen molar-refractivity contribution in [1.82, 2.24) is 4.98 Å². The second-order valence-corrected chi connectivity index (χ2v) is 4.50. The van der Waals surface area contributed by atoms with Crippen LogP contribution < -0.4 is 10.6 Å². The van der Waals surface area contributed by atoms with E-state index in [0.717, 1.165) is 29.9 Å². The van der Waals surface area contributed by atoms with Gasteiger partial charge in [0.2, 0.25) is 0 Å². The lowest BCUT2D eigenvalue weighted by molar-refractivity contribution is 0.631. The summed E-state index contributed by atoms with van der Waals surface area (Å²) in [5, 5.41) is 6.30. The number of pyridine rings is 1. The third kappa shape index (κ3) is 3.68. The van der Waals surface area contributed by atoms with Crippen molar-refractivity contribution < 1.29 is 4.39 Å². The van der Waals surface area contributed by atoms with Gasteiger partial charge >= 0.3 is 0 Å². The number of anilines is 3. The van der Waals surface area contributed by atoms with Crippen LogP contribution in [0.25, 0.3) is 0 Å². The molecule has 0 saturated carbocycles. The van der Waals surface area contributed by atoms with Gasteiger partial charge in [-0.05, 0) is 37.1 Å². The van der Waals surface area contributed by atoms with Gasteiger partial charge < -0.3 is 10.6 Å². The number of halogens is 1. The minimum atomic E-state index is -0.266. The number of aromatic nitrogens is 1. The van der Waals surface area contributed by atoms with Crippen molar-refractivity contribution in [1.29, 1.82) is 0 Å². The first kappa shape index (κ1) is 13.3. The Morgan fingerprint density at radius 1 is 1.16 bits per heavy atom. The molecule has 0 aliphatic carbocycles. The SMILES string of the molecule is CCCNc1cncc(Nc2cc(C)ccc2F)c1. The molecule has 3 nitrogen and oxygen atoms in total. The molecule has 2 N–H and O–H groups in total. The molecule has 1 aromatic heterocycles. The fraction of sp³-hybridized carbons (Fsp3) is 0.267. The van der Waals surface area contributed by atoms with E-state index < -0.39 is 0 Å². The molecule has 1 heterocycles. The Balaban J connectivity index is 2.16. The number of benzene rings is 1. The fourth-order valence-corrected chi connectivity index (χ4v) is 1.76. The fourth-order valence-electron chi connectivity index (χ4n) is 1.76. The van der Waals surface area contributed by atoms with Crippen LogP contribution in [0, 0.1) is 12.7 Å². The first-order valence-corrected chi connectivity index (χ1v) is 6.41. The summed E-state index contributed by atoms with van der Waals surface area (Å²) in [6.07, 6.45) is 4.48. The van der Waals surface area contributed by atoms with E-state index in [0.29, 0.717) is 5.69 Å². The zero-order chi connectivity index (χ0) is 13.7. The van der Waals surface area contributed by atoms with Gasteiger partial charge in [-0.25, -0.2) is 4.39 Å². The van der Waals surface area contributed by atoms with Crippen LogP contribution in [0.5, 0.6) is 0 Å². The number of nitrogens with one attached hydrogen (secondary N) is 2. The summed E-state index contributed by atoms with van der Waals surface area (Å²) < 4.78 is 13.7. The highest BCUT2D eigenvalue weighted by atomic mass is 19.1. The Morgan fingerprint density at radius 2 is 1.95 bits per heavy atom. The van der Waals surface area contributed by atoms with Crippen LogP contribution in [0.3, 0.4) is 0 Å². The van der Waals surface area contributed by atoms with Crippen molar-refractivity contribution in [3.63, 3.8) is 0 Å². The van der Waals surface area contributed by atoms with E-state index in [1.54, 1.807) is 24.5 Å². The predicted molar refractivity (Wildman–Crippen MR) is 77.4 cm³/mol. The largest absolute Gasteiger partial charge is 0.384 e. The van der Waals surface area contributed by atoms with E-state index in [2.05, 4.69) is 22.5 Å². The Morgan fingerprint density at radius 3 is 2.74 bits per heavy atom. The van der Waals surface area contributed by atoms with Gasteiger partial charge in [0.15, 0.2) is 0 Å². The topological polar surface area (TPSA) is 37.0 Å². The standard InChI is InChI=1S/C15H18FN3/c1-3-6-18-12-8-13(10-17-9-12)19-15-7-11(2)4-5-14(15)16/h4-5,7-10,18-19H,3,6H2,1-2H3. The molecule has 19 heavy (non-hydrogen) atoms. The molecule has 0 amide bonds. The van der Waals surface area contributed by atoms with Crippen LogP contribution in [-0.2, 0) is 0 Å². The monoisotopic (exact) mass is 259 g/mol. The molecule has 1 aromatic carbocycles. The number of hydrogen-bond acceptors (Lipinski definition) is 3. The van der Waals surface area contributed by atoms with Gasteiger partial charge in [0.1, 0.15) is 5.82 Å². The van der Waals surface area contributed by atoms with Gasteiger partial charge in [-0.15, -0.1) is 0 Å². The number of aryl methyl sites for hydroxylation is 1. The third-order valence-corrected chi connectivity index (χ3v) is 2.72. The zero-order valence-electron chi connectivity index (χ0n) is 11.2. The number of hydrogen-bond donors (Lipinski definition) is 2. The molecule has 0 saturated heterocycles. The van der Waals surface area contributed by atoms with Crippen LogP contribution in [0.1, 0.15) is 18.9 Å². The molecule has 100 valence electrons. The summed E-state index contributed by atoms with van der Waals surface area (Å²) in [6.45, 7) is 4.93. The van der Waals surface area contributed by atoms with Gasteiger partial charge in [0.25, 0.3) is 0 Å². The molecular weight excluding hydrogens is 241 g/mol. The van der Waals surface area contributed by atoms with Gasteiger partial charge in [-0.1, -0.05) is 13.0 Å². The first-order valence-electron chi connectivity index (χ1n) is 6.41. The van der Waals surface area contributed by atoms with E-state index in [1.165, 1.54) is 6.07 Å². The van der Waals surface area contributed by atoms with Gasteiger partial charge in [0.05, 0.1) is 29.5 Å². The molecule has 0 aliphatic rings. The van der Waals surface area contributed by atoms with Gasteiger partial charge in [0, 0.05) is 6.54 Å². The zero-order valence-corrected chi connectivity index (χ0v) is 11.2. The third-order valence-electron chi connectivity index (χ3n) is 2.72. The van der Waals surface area contributed by atoms with Crippen molar-refractivity contribution in [2.75, 3.05) is 17.2 Å². The summed E-state index contributed by atoms with van der Waals surface area (Å²) in [6, 6.07) is 6.91. The average Bonchev–Trinajstić information content (AvgIpc) is 2.41. The Hall–Kier alpha value is -2.10. The molecule has 2 rings (SSSR count). The lowest BCUT2D eigenvalue weighted by Crippen LogP contribution is -2.01. The molecule has 0 aliphatic heterocycles. The molecule has 0 spiro atoms. The predicted octanol–water partition coefficient (Wildman–Crippen LogP) is 4.09. The number of rotatable bonds is 5. The second-order valence-electron chi connectivity index (χ2n) is 4.50. The first-order chi connectivity index (χ1) is 9.19. The van der Waals surface area contributed by atoms with E-state index >= 15 is 0 Å². The molecule has 0 atom stereocenters. The van der Waals surface area contributed by atoms with Crippen LogP contribution in [-0.4, -0.2) is 11.5 Å². The van der Waals surface area contributed by atoms with Crippen LogP contribution >= 0.6 is 0 Å². The highest BCUT2D eigenvalue weighted by Crippen LogP contribution is 2.22. The van der Waals surface area contributed by atoms with Crippen molar-refractivity contribution in [3.8, 4) is 0 Å². The summed E-state index contributed by atoms with van der Waals surface area (Å²) in [5.41, 5.74) is 3.18. The quantitative estimate of drug-likeness (QED) is 0.849. The van der Waals surface area contributed by atoms with Crippen molar-refractivity contribution in [3.05, 3.63) is 48.0 Å². The second kappa shape index (κ2) is 6.18. The Kier molecular flexibility index (Phi) is 4.34. The molecule has 2 aromatic rings. The average molecular weight is 259 g/mol. The summed E-state index contributed by atoms with van der Waals surface area (Å²) in [5.74, 6) is -0.266. The Bertz CT molecular complexity index is 555. The summed E-state index contributed by atoms with van der Waals surface area (Å²) in [7, 11) is 0. The van der Waals surface area contributed by atoms with E-state index in [1.807, 2.05) is 13.0 Å². The van der Waals surface area contributed by atoms with Gasteiger partial charge in [-0.3, -0.25) is 4.98 Å². The van der Waals surface area contributed by atoms with Crippen LogP contribution in [0.4, 0.5) is 21.5 Å².